The highest BCUT2D eigenvalue weighted by atomic mass is 35.5. The molecule has 20 heavy (non-hydrogen) atoms. The van der Waals surface area contributed by atoms with E-state index in [0.29, 0.717) is 10.6 Å². The van der Waals surface area contributed by atoms with Crippen LogP contribution in [0.25, 0.3) is 0 Å². The molecule has 1 amide bonds. The van der Waals surface area contributed by atoms with Gasteiger partial charge < -0.3 is 10.4 Å². The third kappa shape index (κ3) is 3.51. The molecular weight excluding hydrogens is 278 g/mol. The molecule has 0 aliphatic heterocycles. The van der Waals surface area contributed by atoms with E-state index < -0.39 is 17.9 Å². The molecule has 0 spiro atoms. The van der Waals surface area contributed by atoms with Crippen LogP contribution in [0.5, 0.6) is 0 Å². The Morgan fingerprint density at radius 2 is 1.85 bits per heavy atom. The smallest absolute Gasteiger partial charge is 0.326 e. The average molecular weight is 296 g/mol. The van der Waals surface area contributed by atoms with Crippen LogP contribution in [0.4, 0.5) is 0 Å². The number of carboxylic acids is 1. The number of benzene rings is 1. The number of hydrogen-bond donors (Lipinski definition) is 2. The largest absolute Gasteiger partial charge is 0.480 e. The lowest BCUT2D eigenvalue weighted by molar-refractivity contribution is -0.141. The van der Waals surface area contributed by atoms with Gasteiger partial charge in [0.15, 0.2) is 0 Å². The standard InChI is InChI=1S/C15H18ClNO3/c16-12-9-5-4-8-11(12)14(18)17-13(15(19)20)10-6-2-1-3-7-10/h4-5,8-10,13H,1-3,6-7H2,(H,17,18)(H,19,20)/t13-/m0/s1. The van der Waals surface area contributed by atoms with E-state index >= 15 is 0 Å². The van der Waals surface area contributed by atoms with Crippen molar-refractivity contribution in [3.63, 3.8) is 0 Å². The van der Waals surface area contributed by atoms with E-state index in [9.17, 15) is 14.7 Å². The fourth-order valence-electron chi connectivity index (χ4n) is 2.71. The predicted octanol–water partition coefficient (Wildman–Crippen LogP) is 3.10. The van der Waals surface area contributed by atoms with Gasteiger partial charge in [0, 0.05) is 0 Å². The zero-order chi connectivity index (χ0) is 14.5. The molecule has 1 atom stereocenters. The Morgan fingerprint density at radius 3 is 2.45 bits per heavy atom. The predicted molar refractivity (Wildman–Crippen MR) is 76.9 cm³/mol. The molecule has 1 saturated carbocycles. The summed E-state index contributed by atoms with van der Waals surface area (Å²) in [6.07, 6.45) is 4.88. The average Bonchev–Trinajstić information content (AvgIpc) is 2.45. The van der Waals surface area contributed by atoms with E-state index in [1.165, 1.54) is 0 Å². The molecular formula is C15H18ClNO3. The molecule has 0 unspecified atom stereocenters. The van der Waals surface area contributed by atoms with Crippen molar-refractivity contribution in [2.45, 2.75) is 38.1 Å². The molecule has 4 nitrogen and oxygen atoms in total. The second-order valence-corrected chi connectivity index (χ2v) is 5.57. The fraction of sp³-hybridized carbons (Fsp3) is 0.467. The SMILES string of the molecule is O=C(N[C@H](C(=O)O)C1CCCCC1)c1ccccc1Cl. The summed E-state index contributed by atoms with van der Waals surface area (Å²) in [5, 5.41) is 12.3. The number of carbonyl (C=O) groups is 2. The first-order valence-electron chi connectivity index (χ1n) is 6.88. The second-order valence-electron chi connectivity index (χ2n) is 5.17. The zero-order valence-electron chi connectivity index (χ0n) is 11.1. The first-order chi connectivity index (χ1) is 9.59. The van der Waals surface area contributed by atoms with Crippen molar-refractivity contribution >= 4 is 23.5 Å². The first kappa shape index (κ1) is 14.9. The van der Waals surface area contributed by atoms with Gasteiger partial charge in [0.1, 0.15) is 6.04 Å². The van der Waals surface area contributed by atoms with Gasteiger partial charge >= 0.3 is 5.97 Å². The molecule has 0 aromatic heterocycles. The van der Waals surface area contributed by atoms with Crippen LogP contribution in [-0.4, -0.2) is 23.0 Å². The molecule has 2 rings (SSSR count). The van der Waals surface area contributed by atoms with Gasteiger partial charge in [-0.3, -0.25) is 4.79 Å². The monoisotopic (exact) mass is 295 g/mol. The summed E-state index contributed by atoms with van der Waals surface area (Å²) in [7, 11) is 0. The minimum atomic E-state index is -0.975. The minimum absolute atomic E-state index is 0.00712. The van der Waals surface area contributed by atoms with Crippen molar-refractivity contribution in [2.75, 3.05) is 0 Å². The van der Waals surface area contributed by atoms with Gasteiger partial charge in [-0.2, -0.15) is 0 Å². The highest BCUT2D eigenvalue weighted by Crippen LogP contribution is 2.27. The Morgan fingerprint density at radius 1 is 1.20 bits per heavy atom. The fourth-order valence-corrected chi connectivity index (χ4v) is 2.93. The molecule has 108 valence electrons. The van der Waals surface area contributed by atoms with Gasteiger partial charge in [0.05, 0.1) is 10.6 Å². The summed E-state index contributed by atoms with van der Waals surface area (Å²) < 4.78 is 0. The Hall–Kier alpha value is -1.55. The molecule has 0 radical (unpaired) electrons. The Bertz CT molecular complexity index is 498. The van der Waals surface area contributed by atoms with E-state index in [0.717, 1.165) is 32.1 Å². The summed E-state index contributed by atoms with van der Waals surface area (Å²) in [6.45, 7) is 0. The number of hydrogen-bond acceptors (Lipinski definition) is 2. The van der Waals surface area contributed by atoms with Gasteiger partial charge in [0.2, 0.25) is 0 Å². The lowest BCUT2D eigenvalue weighted by atomic mass is 9.84. The highest BCUT2D eigenvalue weighted by Gasteiger charge is 2.31. The number of halogens is 1. The van der Waals surface area contributed by atoms with Crippen LogP contribution in [0.2, 0.25) is 5.02 Å². The summed E-state index contributed by atoms with van der Waals surface area (Å²) in [5.41, 5.74) is 0.316. The first-order valence-corrected chi connectivity index (χ1v) is 7.25. The molecule has 1 aromatic rings. The van der Waals surface area contributed by atoms with Crippen molar-refractivity contribution in [3.8, 4) is 0 Å². The van der Waals surface area contributed by atoms with Crippen molar-refractivity contribution in [1.29, 1.82) is 0 Å². The Balaban J connectivity index is 2.10. The van der Waals surface area contributed by atoms with Crippen molar-refractivity contribution < 1.29 is 14.7 Å². The number of rotatable bonds is 4. The van der Waals surface area contributed by atoms with E-state index in [1.807, 2.05) is 0 Å². The van der Waals surface area contributed by atoms with Gasteiger partial charge in [-0.25, -0.2) is 4.79 Å². The normalized spacial score (nSPS) is 17.4. The third-order valence-electron chi connectivity index (χ3n) is 3.79. The number of carboxylic acid groups (broad SMARTS) is 1. The number of aliphatic carboxylic acids is 1. The van der Waals surface area contributed by atoms with E-state index in [1.54, 1.807) is 24.3 Å². The van der Waals surface area contributed by atoms with E-state index in [2.05, 4.69) is 5.32 Å². The zero-order valence-corrected chi connectivity index (χ0v) is 11.9. The second kappa shape index (κ2) is 6.75. The maximum absolute atomic E-state index is 12.2. The van der Waals surface area contributed by atoms with Gasteiger partial charge in [-0.15, -0.1) is 0 Å². The molecule has 5 heteroatoms. The van der Waals surface area contributed by atoms with E-state index in [4.69, 9.17) is 11.6 Å². The molecule has 1 aliphatic carbocycles. The van der Waals surface area contributed by atoms with Crippen molar-refractivity contribution in [1.82, 2.24) is 5.32 Å². The van der Waals surface area contributed by atoms with Crippen LogP contribution >= 0.6 is 11.6 Å². The Kier molecular flexibility index (Phi) is 5.01. The third-order valence-corrected chi connectivity index (χ3v) is 4.12. The highest BCUT2D eigenvalue weighted by molar-refractivity contribution is 6.33. The summed E-state index contributed by atoms with van der Waals surface area (Å²) in [6, 6.07) is 5.82. The molecule has 1 aliphatic rings. The molecule has 0 saturated heterocycles. The van der Waals surface area contributed by atoms with Gasteiger partial charge in [-0.05, 0) is 30.9 Å². The molecule has 0 heterocycles. The number of nitrogens with one attached hydrogen (secondary N) is 1. The molecule has 1 aromatic carbocycles. The van der Waals surface area contributed by atoms with E-state index in [-0.39, 0.29) is 5.92 Å². The summed E-state index contributed by atoms with van der Waals surface area (Å²) >= 11 is 5.96. The van der Waals surface area contributed by atoms with Crippen LogP contribution in [0.1, 0.15) is 42.5 Å². The van der Waals surface area contributed by atoms with Crippen LogP contribution in [0, 0.1) is 5.92 Å². The van der Waals surface area contributed by atoms with Crippen LogP contribution < -0.4 is 5.32 Å². The quantitative estimate of drug-likeness (QED) is 0.897. The minimum Gasteiger partial charge on any atom is -0.480 e. The topological polar surface area (TPSA) is 66.4 Å². The van der Waals surface area contributed by atoms with Gasteiger partial charge in [0.25, 0.3) is 5.91 Å². The Labute approximate surface area is 123 Å². The van der Waals surface area contributed by atoms with Gasteiger partial charge in [-0.1, -0.05) is 43.0 Å². The maximum Gasteiger partial charge on any atom is 0.326 e. The molecule has 0 bridgehead atoms. The maximum atomic E-state index is 12.2. The van der Waals surface area contributed by atoms with Crippen LogP contribution in [0.15, 0.2) is 24.3 Å². The number of carbonyl (C=O) groups excluding carboxylic acids is 1. The lowest BCUT2D eigenvalue weighted by Gasteiger charge is -2.28. The van der Waals surface area contributed by atoms with Crippen LogP contribution in [0.3, 0.4) is 0 Å². The number of amides is 1. The van der Waals surface area contributed by atoms with Crippen molar-refractivity contribution in [3.05, 3.63) is 34.9 Å². The summed E-state index contributed by atoms with van der Waals surface area (Å²) in [5.74, 6) is -1.39. The molecule has 2 N–H and O–H groups in total. The molecule has 1 fully saturated rings. The van der Waals surface area contributed by atoms with Crippen LogP contribution in [-0.2, 0) is 4.79 Å². The lowest BCUT2D eigenvalue weighted by Crippen LogP contribution is -2.46. The summed E-state index contributed by atoms with van der Waals surface area (Å²) in [4.78, 5) is 23.6. The van der Waals surface area contributed by atoms with Crippen molar-refractivity contribution in [2.24, 2.45) is 5.92 Å².